The zero-order valence-corrected chi connectivity index (χ0v) is 14.6. The first kappa shape index (κ1) is 19.6. The Morgan fingerprint density at radius 2 is 2.04 bits per heavy atom. The molecule has 2 aromatic rings. The molecule has 0 unspecified atom stereocenters. The topological polar surface area (TPSA) is 91.8 Å². The average Bonchev–Trinajstić information content (AvgIpc) is 2.91. The van der Waals surface area contributed by atoms with E-state index in [4.69, 9.17) is 4.74 Å². The fourth-order valence-corrected chi connectivity index (χ4v) is 2.67. The van der Waals surface area contributed by atoms with Crippen LogP contribution in [0, 0.1) is 0 Å². The zero-order valence-electron chi connectivity index (χ0n) is 14.6. The number of nitrogens with one attached hydrogen (secondary N) is 1. The molecule has 0 radical (unpaired) electrons. The summed E-state index contributed by atoms with van der Waals surface area (Å²) in [6.07, 6.45) is -4.23. The van der Waals surface area contributed by atoms with E-state index in [1.165, 1.54) is 31.3 Å². The number of aliphatic hydroxyl groups excluding tert-OH is 1. The van der Waals surface area contributed by atoms with Crippen LogP contribution in [-0.4, -0.2) is 39.1 Å². The van der Waals surface area contributed by atoms with Crippen molar-refractivity contribution in [2.75, 3.05) is 0 Å². The van der Waals surface area contributed by atoms with Gasteiger partial charge in [-0.05, 0) is 31.2 Å². The molecule has 2 heterocycles. The van der Waals surface area contributed by atoms with Crippen LogP contribution >= 0.6 is 0 Å². The Kier molecular flexibility index (Phi) is 5.23. The minimum Gasteiger partial charge on any atom is -0.439 e. The van der Waals surface area contributed by atoms with Crippen LogP contribution in [-0.2, 0) is 17.5 Å². The molecule has 1 saturated heterocycles. The molecule has 28 heavy (non-hydrogen) atoms. The summed E-state index contributed by atoms with van der Waals surface area (Å²) in [5.74, 6) is -0.745. The van der Waals surface area contributed by atoms with Crippen molar-refractivity contribution in [3.05, 3.63) is 53.7 Å². The number of amides is 3. The molecule has 0 aliphatic carbocycles. The lowest BCUT2D eigenvalue weighted by molar-refractivity contribution is -0.137. The maximum atomic E-state index is 12.9. The van der Waals surface area contributed by atoms with E-state index < -0.39 is 35.8 Å². The summed E-state index contributed by atoms with van der Waals surface area (Å²) >= 11 is 0. The highest BCUT2D eigenvalue weighted by atomic mass is 19.4. The summed E-state index contributed by atoms with van der Waals surface area (Å²) in [4.78, 5) is 29.2. The Labute approximate surface area is 157 Å². The summed E-state index contributed by atoms with van der Waals surface area (Å²) in [6, 6.07) is 5.61. The molecule has 3 rings (SSSR count). The number of imide groups is 1. The molecule has 3 amide bonds. The van der Waals surface area contributed by atoms with Crippen molar-refractivity contribution in [2.45, 2.75) is 31.8 Å². The molecule has 10 heteroatoms. The minimum absolute atomic E-state index is 0.0390. The van der Waals surface area contributed by atoms with Crippen LogP contribution in [0.2, 0.25) is 0 Å². The van der Waals surface area contributed by atoms with Crippen LogP contribution in [0.1, 0.15) is 18.1 Å². The van der Waals surface area contributed by atoms with Gasteiger partial charge in [-0.1, -0.05) is 12.1 Å². The van der Waals surface area contributed by atoms with Gasteiger partial charge in [0, 0.05) is 11.8 Å². The highest BCUT2D eigenvalue weighted by Crippen LogP contribution is 2.33. The first-order valence-corrected chi connectivity index (χ1v) is 8.26. The molecule has 2 atom stereocenters. The number of benzene rings is 1. The van der Waals surface area contributed by atoms with E-state index in [1.807, 2.05) is 0 Å². The normalized spacial score (nSPS) is 18.2. The largest absolute Gasteiger partial charge is 0.439 e. The van der Waals surface area contributed by atoms with E-state index in [1.54, 1.807) is 6.07 Å². The molecule has 1 aliphatic rings. The van der Waals surface area contributed by atoms with Gasteiger partial charge >= 0.3 is 12.2 Å². The average molecular weight is 395 g/mol. The highest BCUT2D eigenvalue weighted by Gasteiger charge is 2.40. The minimum atomic E-state index is -4.53. The van der Waals surface area contributed by atoms with Crippen molar-refractivity contribution < 1.29 is 32.6 Å². The van der Waals surface area contributed by atoms with Gasteiger partial charge in [0.15, 0.2) is 0 Å². The van der Waals surface area contributed by atoms with Crippen molar-refractivity contribution >= 4 is 11.9 Å². The van der Waals surface area contributed by atoms with Crippen LogP contribution in [0.4, 0.5) is 18.0 Å². The van der Waals surface area contributed by atoms with E-state index >= 15 is 0 Å². The van der Waals surface area contributed by atoms with Crippen LogP contribution in [0.5, 0.6) is 11.6 Å². The number of aliphatic hydroxyl groups is 1. The molecule has 1 aromatic heterocycles. The van der Waals surface area contributed by atoms with Crippen molar-refractivity contribution in [3.8, 4) is 11.6 Å². The monoisotopic (exact) mass is 395 g/mol. The number of halogens is 3. The Hall–Kier alpha value is -3.14. The molecule has 7 nitrogen and oxygen atoms in total. The van der Waals surface area contributed by atoms with Gasteiger partial charge in [0.1, 0.15) is 11.8 Å². The number of aromatic nitrogens is 1. The third kappa shape index (κ3) is 4.06. The summed E-state index contributed by atoms with van der Waals surface area (Å²) in [7, 11) is 0. The fraction of sp³-hybridized carbons (Fsp3) is 0.278. The number of hydrogen-bond acceptors (Lipinski definition) is 5. The lowest BCUT2D eigenvalue weighted by Gasteiger charge is -2.16. The second kappa shape index (κ2) is 7.47. The summed E-state index contributed by atoms with van der Waals surface area (Å²) < 4.78 is 44.1. The van der Waals surface area contributed by atoms with Crippen LogP contribution in [0.3, 0.4) is 0 Å². The van der Waals surface area contributed by atoms with E-state index in [9.17, 15) is 27.9 Å². The number of carbonyl (C=O) groups excluding carboxylic acids is 2. The van der Waals surface area contributed by atoms with E-state index in [-0.39, 0.29) is 18.2 Å². The molecule has 1 aliphatic heterocycles. The number of carbonyl (C=O) groups is 2. The Bertz CT molecular complexity index is 902. The predicted molar refractivity (Wildman–Crippen MR) is 90.3 cm³/mol. The molecule has 2 N–H and O–H groups in total. The standard InChI is InChI=1S/C18H16F3N3O4/c1-10(25)14-16(26)24(17(27)23-14)9-11-4-3-7-22-15(11)28-13-6-2-5-12(8-13)18(19,20)21/h2-8,10,14,25H,9H2,1H3,(H,23,27)/t10-,14+/m1/s1. The van der Waals surface area contributed by atoms with Crippen molar-refractivity contribution in [1.82, 2.24) is 15.2 Å². The van der Waals surface area contributed by atoms with Gasteiger partial charge in [-0.3, -0.25) is 9.69 Å². The molecule has 0 saturated carbocycles. The number of ether oxygens (including phenoxy) is 1. The van der Waals surface area contributed by atoms with Gasteiger partial charge in [0.05, 0.1) is 18.2 Å². The lowest BCUT2D eigenvalue weighted by Crippen LogP contribution is -2.39. The van der Waals surface area contributed by atoms with Gasteiger partial charge < -0.3 is 15.2 Å². The maximum Gasteiger partial charge on any atom is 0.416 e. The first-order chi connectivity index (χ1) is 13.2. The Morgan fingerprint density at radius 1 is 1.29 bits per heavy atom. The fourth-order valence-electron chi connectivity index (χ4n) is 2.67. The molecular weight excluding hydrogens is 379 g/mol. The third-order valence-corrected chi connectivity index (χ3v) is 4.09. The van der Waals surface area contributed by atoms with Gasteiger partial charge in [0.25, 0.3) is 5.91 Å². The van der Waals surface area contributed by atoms with Gasteiger partial charge in [-0.15, -0.1) is 0 Å². The lowest BCUT2D eigenvalue weighted by atomic mass is 10.2. The summed E-state index contributed by atoms with van der Waals surface area (Å²) in [5.41, 5.74) is -0.564. The molecule has 148 valence electrons. The number of pyridine rings is 1. The second-order valence-electron chi connectivity index (χ2n) is 6.19. The smallest absolute Gasteiger partial charge is 0.416 e. The Balaban J connectivity index is 1.83. The van der Waals surface area contributed by atoms with Crippen molar-refractivity contribution in [1.29, 1.82) is 0 Å². The van der Waals surface area contributed by atoms with E-state index in [2.05, 4.69) is 10.3 Å². The van der Waals surface area contributed by atoms with Gasteiger partial charge in [0.2, 0.25) is 5.88 Å². The summed E-state index contributed by atoms with van der Waals surface area (Å²) in [6.45, 7) is 1.16. The third-order valence-electron chi connectivity index (χ3n) is 4.09. The quantitative estimate of drug-likeness (QED) is 0.760. The van der Waals surface area contributed by atoms with Gasteiger partial charge in [-0.2, -0.15) is 13.2 Å². The van der Waals surface area contributed by atoms with Crippen LogP contribution in [0.25, 0.3) is 0 Å². The van der Waals surface area contributed by atoms with E-state index in [0.29, 0.717) is 5.56 Å². The number of urea groups is 1. The van der Waals surface area contributed by atoms with Crippen molar-refractivity contribution in [2.24, 2.45) is 0 Å². The molecule has 1 fully saturated rings. The highest BCUT2D eigenvalue weighted by molar-refractivity contribution is 6.04. The Morgan fingerprint density at radius 3 is 2.68 bits per heavy atom. The molecule has 0 spiro atoms. The molecular formula is C18H16F3N3O4. The van der Waals surface area contributed by atoms with E-state index in [0.717, 1.165) is 17.0 Å². The maximum absolute atomic E-state index is 12.9. The van der Waals surface area contributed by atoms with Crippen molar-refractivity contribution in [3.63, 3.8) is 0 Å². The molecule has 1 aromatic carbocycles. The molecule has 0 bridgehead atoms. The predicted octanol–water partition coefficient (Wildman–Crippen LogP) is 2.69. The number of hydrogen-bond donors (Lipinski definition) is 2. The number of alkyl halides is 3. The SMILES string of the molecule is C[C@@H](O)[C@@H]1NC(=O)N(Cc2cccnc2Oc2cccc(C(F)(F)F)c2)C1=O. The number of nitrogens with zero attached hydrogens (tertiary/aromatic N) is 2. The number of rotatable bonds is 5. The van der Waals surface area contributed by atoms with Crippen LogP contribution in [0.15, 0.2) is 42.6 Å². The summed E-state index contributed by atoms with van der Waals surface area (Å²) in [5, 5.41) is 11.9. The second-order valence-corrected chi connectivity index (χ2v) is 6.19. The van der Waals surface area contributed by atoms with Crippen LogP contribution < -0.4 is 10.1 Å². The van der Waals surface area contributed by atoms with Gasteiger partial charge in [-0.25, -0.2) is 9.78 Å². The first-order valence-electron chi connectivity index (χ1n) is 8.26. The zero-order chi connectivity index (χ0) is 20.5.